The number of carbonyl (C=O) groups is 1. The number of hydrogen-bond acceptors (Lipinski definition) is 4. The number of aryl methyl sites for hydroxylation is 1. The quantitative estimate of drug-likeness (QED) is 0.322. The molecule has 1 heterocycles. The third-order valence-electron chi connectivity index (χ3n) is 2.11. The summed E-state index contributed by atoms with van der Waals surface area (Å²) in [5, 5.41) is 1.78. The molecular weight excluding hydrogens is 214 g/mol. The fourth-order valence-corrected chi connectivity index (χ4v) is 1.88. The highest BCUT2D eigenvalue weighted by atomic mass is 32.1. The second-order valence-electron chi connectivity index (χ2n) is 3.24. The van der Waals surface area contributed by atoms with Gasteiger partial charge in [0.25, 0.3) is 0 Å². The van der Waals surface area contributed by atoms with Crippen LogP contribution in [0.4, 0.5) is 0 Å². The van der Waals surface area contributed by atoms with Gasteiger partial charge in [0.15, 0.2) is 0 Å². The van der Waals surface area contributed by atoms with Gasteiger partial charge in [-0.1, -0.05) is 17.8 Å². The maximum Gasteiger partial charge on any atom is 0.307 e. The van der Waals surface area contributed by atoms with Crippen LogP contribution in [0.5, 0.6) is 0 Å². The third kappa shape index (κ3) is 4.26. The Hall–Kier alpha value is -1.14. The standard InChI is InChI=1S/C9H15N3O2S/c10-11-8(13)4-2-1-3-5-12-6-7-15-9(12)14/h6-7H,1-5,10H2,(H,11,13). The van der Waals surface area contributed by atoms with E-state index in [1.54, 1.807) is 16.1 Å². The van der Waals surface area contributed by atoms with E-state index in [0.717, 1.165) is 25.8 Å². The smallest absolute Gasteiger partial charge is 0.306 e. The lowest BCUT2D eigenvalue weighted by Gasteiger charge is -2.01. The molecule has 15 heavy (non-hydrogen) atoms. The van der Waals surface area contributed by atoms with E-state index in [4.69, 9.17) is 5.84 Å². The zero-order valence-corrected chi connectivity index (χ0v) is 9.26. The first-order valence-electron chi connectivity index (χ1n) is 4.87. The molecule has 1 aromatic heterocycles. The van der Waals surface area contributed by atoms with E-state index in [9.17, 15) is 9.59 Å². The number of carbonyl (C=O) groups excluding carboxylic acids is 1. The minimum Gasteiger partial charge on any atom is -0.306 e. The number of hydrazine groups is 1. The van der Waals surface area contributed by atoms with Gasteiger partial charge in [0.05, 0.1) is 0 Å². The van der Waals surface area contributed by atoms with Crippen LogP contribution in [0.1, 0.15) is 25.7 Å². The fourth-order valence-electron chi connectivity index (χ4n) is 1.27. The van der Waals surface area contributed by atoms with Gasteiger partial charge in [0.1, 0.15) is 0 Å². The average molecular weight is 229 g/mol. The molecule has 5 nitrogen and oxygen atoms in total. The van der Waals surface area contributed by atoms with Crippen molar-refractivity contribution in [2.75, 3.05) is 0 Å². The van der Waals surface area contributed by atoms with Gasteiger partial charge in [-0.25, -0.2) is 5.84 Å². The van der Waals surface area contributed by atoms with E-state index in [0.29, 0.717) is 6.42 Å². The lowest BCUT2D eigenvalue weighted by molar-refractivity contribution is -0.121. The van der Waals surface area contributed by atoms with Crippen molar-refractivity contribution in [2.45, 2.75) is 32.2 Å². The zero-order valence-electron chi connectivity index (χ0n) is 8.44. The Morgan fingerprint density at radius 3 is 2.87 bits per heavy atom. The average Bonchev–Trinajstić information content (AvgIpc) is 2.63. The van der Waals surface area contributed by atoms with E-state index in [2.05, 4.69) is 5.43 Å². The molecular formula is C9H15N3O2S. The van der Waals surface area contributed by atoms with Crippen LogP contribution in [0.15, 0.2) is 16.4 Å². The first-order chi connectivity index (χ1) is 7.24. The number of nitrogens with one attached hydrogen (secondary N) is 1. The van der Waals surface area contributed by atoms with Crippen LogP contribution in [0, 0.1) is 0 Å². The van der Waals surface area contributed by atoms with Crippen molar-refractivity contribution in [2.24, 2.45) is 5.84 Å². The van der Waals surface area contributed by atoms with E-state index in [1.165, 1.54) is 11.3 Å². The van der Waals surface area contributed by atoms with Crippen LogP contribution in [0.2, 0.25) is 0 Å². The Bertz CT molecular complexity index is 358. The van der Waals surface area contributed by atoms with Crippen molar-refractivity contribution in [1.82, 2.24) is 9.99 Å². The predicted molar refractivity (Wildman–Crippen MR) is 59.4 cm³/mol. The largest absolute Gasteiger partial charge is 0.307 e. The van der Waals surface area contributed by atoms with Gasteiger partial charge in [-0.05, 0) is 12.8 Å². The van der Waals surface area contributed by atoms with Gasteiger partial charge in [0.2, 0.25) is 5.91 Å². The summed E-state index contributed by atoms with van der Waals surface area (Å²) >= 11 is 1.20. The van der Waals surface area contributed by atoms with Gasteiger partial charge in [-0.15, -0.1) is 0 Å². The summed E-state index contributed by atoms with van der Waals surface area (Å²) in [4.78, 5) is 22.0. The lowest BCUT2D eigenvalue weighted by atomic mass is 10.2. The predicted octanol–water partition coefficient (Wildman–Crippen LogP) is 0.460. The monoisotopic (exact) mass is 229 g/mol. The summed E-state index contributed by atoms with van der Waals surface area (Å²) in [5.74, 6) is 4.80. The summed E-state index contributed by atoms with van der Waals surface area (Å²) < 4.78 is 1.69. The van der Waals surface area contributed by atoms with Crippen molar-refractivity contribution >= 4 is 17.2 Å². The van der Waals surface area contributed by atoms with Gasteiger partial charge in [-0.3, -0.25) is 15.0 Å². The number of hydrogen-bond donors (Lipinski definition) is 2. The maximum absolute atomic E-state index is 11.1. The van der Waals surface area contributed by atoms with E-state index >= 15 is 0 Å². The Balaban J connectivity index is 2.10. The Morgan fingerprint density at radius 2 is 2.27 bits per heavy atom. The molecule has 0 bridgehead atoms. The molecule has 6 heteroatoms. The number of rotatable bonds is 6. The second-order valence-corrected chi connectivity index (χ2v) is 4.10. The summed E-state index contributed by atoms with van der Waals surface area (Å²) in [6, 6.07) is 0. The topological polar surface area (TPSA) is 77.1 Å². The first-order valence-corrected chi connectivity index (χ1v) is 5.75. The van der Waals surface area contributed by atoms with Crippen molar-refractivity contribution in [3.05, 3.63) is 21.2 Å². The van der Waals surface area contributed by atoms with Gasteiger partial charge in [-0.2, -0.15) is 0 Å². The minimum absolute atomic E-state index is 0.0784. The van der Waals surface area contributed by atoms with Crippen LogP contribution in [-0.2, 0) is 11.3 Å². The van der Waals surface area contributed by atoms with Crippen molar-refractivity contribution in [3.63, 3.8) is 0 Å². The minimum atomic E-state index is -0.136. The second kappa shape index (κ2) is 6.36. The molecule has 84 valence electrons. The molecule has 0 saturated heterocycles. The van der Waals surface area contributed by atoms with Crippen molar-refractivity contribution in [1.29, 1.82) is 0 Å². The third-order valence-corrected chi connectivity index (χ3v) is 2.80. The summed E-state index contributed by atoms with van der Waals surface area (Å²) in [6.07, 6.45) is 4.89. The van der Waals surface area contributed by atoms with Crippen LogP contribution in [0.3, 0.4) is 0 Å². The number of amides is 1. The SMILES string of the molecule is NNC(=O)CCCCCn1ccsc1=O. The maximum atomic E-state index is 11.1. The Labute approximate surface area is 91.9 Å². The molecule has 0 aromatic carbocycles. The number of unbranched alkanes of at least 4 members (excludes halogenated alkanes) is 2. The molecule has 0 atom stereocenters. The zero-order chi connectivity index (χ0) is 11.1. The molecule has 0 aliphatic rings. The van der Waals surface area contributed by atoms with Gasteiger partial charge in [0, 0.05) is 24.5 Å². The number of thiazole rings is 1. The van der Waals surface area contributed by atoms with E-state index in [1.807, 2.05) is 0 Å². The molecule has 1 rings (SSSR count). The summed E-state index contributed by atoms with van der Waals surface area (Å²) in [6.45, 7) is 0.729. The van der Waals surface area contributed by atoms with Gasteiger partial charge < -0.3 is 4.57 Å². The number of nitrogens with zero attached hydrogens (tertiary/aromatic N) is 1. The highest BCUT2D eigenvalue weighted by molar-refractivity contribution is 7.07. The van der Waals surface area contributed by atoms with Crippen molar-refractivity contribution in [3.8, 4) is 0 Å². The summed E-state index contributed by atoms with van der Waals surface area (Å²) in [7, 11) is 0. The van der Waals surface area contributed by atoms with Crippen molar-refractivity contribution < 1.29 is 4.79 Å². The Kier molecular flexibility index (Phi) is 5.06. The Morgan fingerprint density at radius 1 is 1.47 bits per heavy atom. The van der Waals surface area contributed by atoms with Crippen LogP contribution in [-0.4, -0.2) is 10.5 Å². The fraction of sp³-hybridized carbons (Fsp3) is 0.556. The molecule has 0 spiro atoms. The van der Waals surface area contributed by atoms with E-state index in [-0.39, 0.29) is 10.8 Å². The molecule has 0 aliphatic carbocycles. The highest BCUT2D eigenvalue weighted by Crippen LogP contribution is 2.01. The molecule has 1 aromatic rings. The van der Waals surface area contributed by atoms with Crippen LogP contribution >= 0.6 is 11.3 Å². The molecule has 0 aliphatic heterocycles. The van der Waals surface area contributed by atoms with Gasteiger partial charge >= 0.3 is 4.87 Å². The number of nitrogens with two attached hydrogens (primary N) is 1. The van der Waals surface area contributed by atoms with E-state index < -0.39 is 0 Å². The first kappa shape index (κ1) is 11.9. The van der Waals surface area contributed by atoms with Crippen LogP contribution < -0.4 is 16.1 Å². The molecule has 0 fully saturated rings. The molecule has 1 amide bonds. The lowest BCUT2D eigenvalue weighted by Crippen LogP contribution is -2.29. The molecule has 0 radical (unpaired) electrons. The normalized spacial score (nSPS) is 10.2. The molecule has 3 N–H and O–H groups in total. The number of aromatic nitrogens is 1. The molecule has 0 saturated carbocycles. The highest BCUT2D eigenvalue weighted by Gasteiger charge is 1.99. The molecule has 0 unspecified atom stereocenters. The summed E-state index contributed by atoms with van der Waals surface area (Å²) in [5.41, 5.74) is 2.09. The van der Waals surface area contributed by atoms with Crippen LogP contribution in [0.25, 0.3) is 0 Å².